The zero-order valence-electron chi connectivity index (χ0n) is 9.81. The van der Waals surface area contributed by atoms with Gasteiger partial charge in [0, 0.05) is 0 Å². The Morgan fingerprint density at radius 1 is 0.941 bits per heavy atom. The van der Waals surface area contributed by atoms with Crippen LogP contribution < -0.4 is 43.4 Å². The maximum absolute atomic E-state index is 10.4. The van der Waals surface area contributed by atoms with Crippen molar-refractivity contribution in [3.8, 4) is 5.75 Å². The molecule has 0 saturated heterocycles. The monoisotopic (exact) mass is 341 g/mol. The average Bonchev–Trinajstić information content (AvgIpc) is 1.86. The Hall–Kier alpha value is -0.612. The van der Waals surface area contributed by atoms with Crippen molar-refractivity contribution in [1.82, 2.24) is 18.5 Å². The largest absolute Gasteiger partial charge is 1.00 e. The Labute approximate surface area is 108 Å². The average molecular weight is 342 g/mol. The molecule has 1 aromatic carbocycles. The first kappa shape index (κ1) is 36.0. The molecule has 0 atom stereocenters. The number of phenols is 1. The van der Waals surface area contributed by atoms with Crippen LogP contribution in [0, 0.1) is 0 Å². The maximum Gasteiger partial charge on any atom is -0.369 e. The first-order valence-corrected chi connectivity index (χ1v) is 6.05. The smallest absolute Gasteiger partial charge is 0.369 e. The molecule has 0 aliphatic heterocycles. The van der Waals surface area contributed by atoms with Crippen molar-refractivity contribution >= 4 is 18.5 Å². The van der Waals surface area contributed by atoms with Gasteiger partial charge in [0.05, 0.1) is 0 Å². The summed E-state index contributed by atoms with van der Waals surface area (Å²) in [6.07, 6.45) is 0. The van der Waals surface area contributed by atoms with E-state index in [0.717, 1.165) is 12.1 Å². The molecule has 0 saturated carbocycles. The second-order valence-corrected chi connectivity index (χ2v) is 5.18. The maximum atomic E-state index is 10.4. The summed E-state index contributed by atoms with van der Waals surface area (Å²) in [6.45, 7) is 0. The van der Waals surface area contributed by atoms with Crippen molar-refractivity contribution in [3.05, 3.63) is 24.3 Å². The van der Waals surface area contributed by atoms with E-state index in [9.17, 15) is 11.9 Å². The van der Waals surface area contributed by atoms with Gasteiger partial charge in [-0.1, -0.05) is 0 Å². The van der Waals surface area contributed by atoms with Crippen molar-refractivity contribution in [2.45, 2.75) is 0 Å². The number of rotatable bonds is 1. The van der Waals surface area contributed by atoms with E-state index in [0.29, 0.717) is 0 Å². The normalized spacial score (nSPS) is 7.41. The van der Waals surface area contributed by atoms with Crippen LogP contribution in [0.5, 0.6) is 5.75 Å². The molecule has 0 aliphatic carbocycles. The Morgan fingerprint density at radius 3 is 1.47 bits per heavy atom. The summed E-state index contributed by atoms with van der Waals surface area (Å²) in [6, 6.07) is 4.52. The summed E-state index contributed by atoms with van der Waals surface area (Å²) in [5, 5.41) is 8.74. The third-order valence-electron chi connectivity index (χ3n) is 1.17. The van der Waals surface area contributed by atoms with Crippen molar-refractivity contribution in [2.24, 2.45) is 0 Å². The van der Waals surface area contributed by atoms with Gasteiger partial charge >= 0.3 is 65.6 Å². The molecule has 1 aromatic rings. The third kappa shape index (κ3) is 11.6. The Kier molecular flexibility index (Phi) is 28.5. The number of benzene rings is 1. The number of hydrogen-bond acceptors (Lipinski definition) is 4. The van der Waals surface area contributed by atoms with E-state index < -0.39 is 14.2 Å². The SMILES string of the molecule is O.O.O=[As]([O-])([O-])c1ccc(O)cc1.[Cl-].[NH4+].[NH4+].[NH4+]. The summed E-state index contributed by atoms with van der Waals surface area (Å²) in [4.78, 5) is 0. The molecule has 0 spiro atoms. The zero-order valence-corrected chi connectivity index (χ0v) is 12.4. The standard InChI is InChI=1S/C6H7AsO4.ClH.3H3N.2H2O/c8-6-3-1-5(2-4-6)7(9,10)11;;;;;;/h1-4,8H,(H2,9,10,11);1H;3*1H3;2*1H2. The first-order valence-electron chi connectivity index (χ1n) is 2.82. The molecule has 0 radical (unpaired) electrons. The van der Waals surface area contributed by atoms with Crippen LogP contribution in [0.2, 0.25) is 0 Å². The molecular weight excluding hydrogens is 320 g/mol. The molecular formula is C6H21AsClN3O6. The fraction of sp³-hybridized carbons (Fsp3) is 0. The van der Waals surface area contributed by atoms with Gasteiger partial charge in [0.1, 0.15) is 0 Å². The van der Waals surface area contributed by atoms with E-state index in [2.05, 4.69) is 0 Å². The summed E-state index contributed by atoms with van der Waals surface area (Å²) in [5.41, 5.74) is 0. The minimum atomic E-state index is -5.24. The molecule has 9 nitrogen and oxygen atoms in total. The van der Waals surface area contributed by atoms with Crippen LogP contribution in [0.25, 0.3) is 0 Å². The van der Waals surface area contributed by atoms with Crippen LogP contribution in [-0.2, 0) is 3.74 Å². The van der Waals surface area contributed by atoms with Crippen molar-refractivity contribution in [2.75, 3.05) is 0 Å². The van der Waals surface area contributed by atoms with Crippen LogP contribution in [-0.4, -0.2) is 30.2 Å². The van der Waals surface area contributed by atoms with E-state index in [1.165, 1.54) is 12.1 Å². The van der Waals surface area contributed by atoms with Crippen LogP contribution in [0.3, 0.4) is 0 Å². The van der Waals surface area contributed by atoms with Crippen molar-refractivity contribution < 1.29 is 40.4 Å². The fourth-order valence-electron chi connectivity index (χ4n) is 0.635. The Balaban J connectivity index is -0.0000000504. The number of aromatic hydroxyl groups is 1. The number of quaternary nitrogens is 3. The van der Waals surface area contributed by atoms with Crippen LogP contribution in [0.15, 0.2) is 24.3 Å². The Morgan fingerprint density at radius 2 is 1.24 bits per heavy atom. The first-order chi connectivity index (χ1) is 5.00. The van der Waals surface area contributed by atoms with E-state index in [4.69, 9.17) is 5.11 Å². The second kappa shape index (κ2) is 13.5. The minimum absolute atomic E-state index is 0. The third-order valence-corrected chi connectivity index (χ3v) is 3.12. The van der Waals surface area contributed by atoms with Crippen molar-refractivity contribution in [3.63, 3.8) is 0 Å². The summed E-state index contributed by atoms with van der Waals surface area (Å²) in [5.74, 6) is -0.0577. The van der Waals surface area contributed by atoms with Gasteiger partial charge in [-0.3, -0.25) is 0 Å². The number of hydrogen-bond donors (Lipinski definition) is 4. The fourth-order valence-corrected chi connectivity index (χ4v) is 1.71. The predicted octanol–water partition coefficient (Wildman–Crippen LogP) is -5.83. The quantitative estimate of drug-likeness (QED) is 0.363. The topological polar surface area (TPSA) is 256 Å². The molecule has 11 heteroatoms. The molecule has 0 aliphatic rings. The summed E-state index contributed by atoms with van der Waals surface area (Å²) < 4.78 is 30.9. The zero-order chi connectivity index (χ0) is 8.48. The van der Waals surface area contributed by atoms with Crippen LogP contribution in [0.1, 0.15) is 0 Å². The van der Waals surface area contributed by atoms with E-state index >= 15 is 0 Å². The minimum Gasteiger partial charge on any atom is -1.00 e. The summed E-state index contributed by atoms with van der Waals surface area (Å²) in [7, 11) is 0. The second-order valence-electron chi connectivity index (χ2n) is 2.01. The molecule has 0 unspecified atom stereocenters. The van der Waals surface area contributed by atoms with Gasteiger partial charge in [-0.25, -0.2) is 0 Å². The van der Waals surface area contributed by atoms with Gasteiger partial charge in [-0.05, 0) is 0 Å². The molecule has 0 amide bonds. The van der Waals surface area contributed by atoms with Crippen LogP contribution >= 0.6 is 0 Å². The molecule has 1 rings (SSSR count). The number of halogens is 1. The van der Waals surface area contributed by atoms with Gasteiger partial charge in [0.25, 0.3) is 0 Å². The van der Waals surface area contributed by atoms with Crippen molar-refractivity contribution in [1.29, 1.82) is 0 Å². The van der Waals surface area contributed by atoms with E-state index in [1.54, 1.807) is 0 Å². The molecule has 17 heavy (non-hydrogen) atoms. The molecule has 108 valence electrons. The van der Waals surface area contributed by atoms with E-state index in [-0.39, 0.29) is 51.9 Å². The Bertz CT molecular complexity index is 305. The molecule has 17 N–H and O–H groups in total. The van der Waals surface area contributed by atoms with Gasteiger partial charge in [-0.15, -0.1) is 0 Å². The van der Waals surface area contributed by atoms with Gasteiger partial charge in [-0.2, -0.15) is 0 Å². The molecule has 0 bridgehead atoms. The summed E-state index contributed by atoms with van der Waals surface area (Å²) >= 11 is -5.24. The van der Waals surface area contributed by atoms with E-state index in [1.807, 2.05) is 0 Å². The van der Waals surface area contributed by atoms with Gasteiger partial charge in [0.2, 0.25) is 0 Å². The molecule has 0 aromatic heterocycles. The van der Waals surface area contributed by atoms with Crippen LogP contribution in [0.4, 0.5) is 0 Å². The molecule has 0 heterocycles. The predicted molar refractivity (Wildman–Crippen MR) is 59.4 cm³/mol. The number of phenolic OH excluding ortho intramolecular Hbond substituents is 1. The van der Waals surface area contributed by atoms with Gasteiger partial charge in [0.15, 0.2) is 0 Å². The molecule has 0 fully saturated rings. The van der Waals surface area contributed by atoms with Gasteiger partial charge < -0.3 is 41.8 Å².